The molecule has 2 rings (SSSR count). The van der Waals surface area contributed by atoms with E-state index in [1.807, 2.05) is 25.4 Å². The Labute approximate surface area is 121 Å². The molecule has 0 fully saturated rings. The monoisotopic (exact) mass is 272 g/mol. The second-order valence-electron chi connectivity index (χ2n) is 5.01. The average molecular weight is 272 g/mol. The van der Waals surface area contributed by atoms with Crippen LogP contribution >= 0.6 is 0 Å². The highest BCUT2D eigenvalue weighted by molar-refractivity contribution is 5.13. The van der Waals surface area contributed by atoms with Crippen LogP contribution in [-0.2, 0) is 25.8 Å². The first kappa shape index (κ1) is 14.7. The average Bonchev–Trinajstić information content (AvgIpc) is 2.89. The molecule has 0 spiro atoms. The lowest BCUT2D eigenvalue weighted by atomic mass is 10.0. The third-order valence-electron chi connectivity index (χ3n) is 3.62. The molecule has 1 atom stereocenters. The van der Waals surface area contributed by atoms with E-state index in [2.05, 4.69) is 46.1 Å². The molecule has 0 aliphatic carbocycles. The van der Waals surface area contributed by atoms with E-state index < -0.39 is 0 Å². The number of hydrogen-bond donors (Lipinski definition) is 1. The molecule has 108 valence electrons. The third kappa shape index (κ3) is 3.67. The van der Waals surface area contributed by atoms with E-state index in [4.69, 9.17) is 0 Å². The van der Waals surface area contributed by atoms with E-state index in [-0.39, 0.29) is 0 Å². The van der Waals surface area contributed by atoms with E-state index in [0.29, 0.717) is 6.04 Å². The highest BCUT2D eigenvalue weighted by Gasteiger charge is 2.13. The van der Waals surface area contributed by atoms with Gasteiger partial charge in [-0.3, -0.25) is 9.67 Å². The Bertz CT molecular complexity index is 519. The summed E-state index contributed by atoms with van der Waals surface area (Å²) in [5, 5.41) is 8.01. The number of likely N-dealkylation sites (N-methyl/N-ethyl adjacent to an activating group) is 1. The molecule has 0 saturated carbocycles. The summed E-state index contributed by atoms with van der Waals surface area (Å²) in [6.07, 6.45) is 4.76. The highest BCUT2D eigenvalue weighted by Crippen LogP contribution is 2.11. The van der Waals surface area contributed by atoms with E-state index >= 15 is 0 Å². The highest BCUT2D eigenvalue weighted by atomic mass is 15.3. The zero-order valence-electron chi connectivity index (χ0n) is 12.6. The molecule has 1 N–H and O–H groups in total. The van der Waals surface area contributed by atoms with Gasteiger partial charge in [-0.05, 0) is 38.6 Å². The molecule has 0 aliphatic rings. The minimum absolute atomic E-state index is 0.386. The number of aromatic nitrogens is 3. The minimum atomic E-state index is 0.386. The predicted octanol–water partition coefficient (Wildman–Crippen LogP) is 2.23. The molecular formula is C16H24N4. The lowest BCUT2D eigenvalue weighted by Crippen LogP contribution is -2.31. The summed E-state index contributed by atoms with van der Waals surface area (Å²) in [5.74, 6) is 0. The van der Waals surface area contributed by atoms with Gasteiger partial charge in [-0.2, -0.15) is 5.10 Å². The van der Waals surface area contributed by atoms with E-state index in [9.17, 15) is 0 Å². The number of hydrogen-bond acceptors (Lipinski definition) is 3. The first-order valence-electron chi connectivity index (χ1n) is 7.39. The quantitative estimate of drug-likeness (QED) is 0.840. The first-order chi connectivity index (χ1) is 9.76. The van der Waals surface area contributed by atoms with Crippen LogP contribution in [0.5, 0.6) is 0 Å². The van der Waals surface area contributed by atoms with E-state index in [0.717, 1.165) is 31.5 Å². The lowest BCUT2D eigenvalue weighted by Gasteiger charge is -2.16. The van der Waals surface area contributed by atoms with Crippen LogP contribution in [0.1, 0.15) is 30.9 Å². The van der Waals surface area contributed by atoms with Gasteiger partial charge in [0, 0.05) is 43.0 Å². The molecule has 20 heavy (non-hydrogen) atoms. The normalized spacial score (nSPS) is 12.6. The fourth-order valence-corrected chi connectivity index (χ4v) is 2.43. The summed E-state index contributed by atoms with van der Waals surface area (Å²) in [6.45, 7) is 5.22. The number of aryl methyl sites for hydroxylation is 2. The molecular weight excluding hydrogens is 248 g/mol. The summed E-state index contributed by atoms with van der Waals surface area (Å²) in [4.78, 5) is 4.41. The standard InChI is InChI=1S/C16H24N4/c1-4-13-11-16(20(5-2)19-13)12-15(17-3)10-14-8-6-7-9-18-14/h6-9,11,15,17H,4-5,10,12H2,1-3H3. The van der Waals surface area contributed by atoms with Crippen LogP contribution < -0.4 is 5.32 Å². The van der Waals surface area contributed by atoms with Gasteiger partial charge in [-0.1, -0.05) is 13.0 Å². The molecule has 0 radical (unpaired) electrons. The minimum Gasteiger partial charge on any atom is -0.316 e. The fraction of sp³-hybridized carbons (Fsp3) is 0.500. The lowest BCUT2D eigenvalue weighted by molar-refractivity contribution is 0.515. The first-order valence-corrected chi connectivity index (χ1v) is 7.39. The summed E-state index contributed by atoms with van der Waals surface area (Å²) in [7, 11) is 2.01. The van der Waals surface area contributed by atoms with Crippen molar-refractivity contribution in [2.24, 2.45) is 0 Å². The van der Waals surface area contributed by atoms with Crippen molar-refractivity contribution in [3.8, 4) is 0 Å². The second-order valence-corrected chi connectivity index (χ2v) is 5.01. The van der Waals surface area contributed by atoms with Crippen molar-refractivity contribution in [1.82, 2.24) is 20.1 Å². The third-order valence-corrected chi connectivity index (χ3v) is 3.62. The van der Waals surface area contributed by atoms with Gasteiger partial charge in [-0.15, -0.1) is 0 Å². The van der Waals surface area contributed by atoms with Gasteiger partial charge in [0.1, 0.15) is 0 Å². The molecule has 2 heterocycles. The maximum atomic E-state index is 4.61. The fourth-order valence-electron chi connectivity index (χ4n) is 2.43. The van der Waals surface area contributed by atoms with Crippen molar-refractivity contribution in [2.75, 3.05) is 7.05 Å². The maximum absolute atomic E-state index is 4.61. The van der Waals surface area contributed by atoms with Gasteiger partial charge in [-0.25, -0.2) is 0 Å². The van der Waals surface area contributed by atoms with Crippen molar-refractivity contribution in [3.05, 3.63) is 47.5 Å². The van der Waals surface area contributed by atoms with Crippen molar-refractivity contribution in [3.63, 3.8) is 0 Å². The van der Waals surface area contributed by atoms with Crippen LogP contribution in [0.2, 0.25) is 0 Å². The summed E-state index contributed by atoms with van der Waals surface area (Å²) in [6, 6.07) is 8.69. The molecule has 4 heteroatoms. The molecule has 0 aliphatic heterocycles. The summed E-state index contributed by atoms with van der Waals surface area (Å²) >= 11 is 0. The van der Waals surface area contributed by atoms with Crippen LogP contribution in [0, 0.1) is 0 Å². The Morgan fingerprint density at radius 2 is 2.05 bits per heavy atom. The Morgan fingerprint density at radius 3 is 2.65 bits per heavy atom. The number of rotatable bonds is 7. The SMILES string of the molecule is CCc1cc(CC(Cc2ccccn2)NC)n(CC)n1. The van der Waals surface area contributed by atoms with Gasteiger partial charge in [0.2, 0.25) is 0 Å². The van der Waals surface area contributed by atoms with E-state index in [1.54, 1.807) is 0 Å². The Morgan fingerprint density at radius 1 is 1.20 bits per heavy atom. The summed E-state index contributed by atoms with van der Waals surface area (Å²) < 4.78 is 2.11. The van der Waals surface area contributed by atoms with Crippen LogP contribution in [0.15, 0.2) is 30.5 Å². The molecule has 2 aromatic rings. The predicted molar refractivity (Wildman–Crippen MR) is 81.8 cm³/mol. The molecule has 0 amide bonds. The molecule has 2 aromatic heterocycles. The maximum Gasteiger partial charge on any atom is 0.0624 e. The number of nitrogens with one attached hydrogen (secondary N) is 1. The van der Waals surface area contributed by atoms with Crippen LogP contribution in [0.3, 0.4) is 0 Å². The molecule has 0 saturated heterocycles. The summed E-state index contributed by atoms with van der Waals surface area (Å²) in [5.41, 5.74) is 3.61. The Kier molecular flexibility index (Phi) is 5.30. The number of pyridine rings is 1. The van der Waals surface area contributed by atoms with Crippen molar-refractivity contribution < 1.29 is 0 Å². The van der Waals surface area contributed by atoms with Gasteiger partial charge < -0.3 is 5.32 Å². The molecule has 0 bridgehead atoms. The van der Waals surface area contributed by atoms with Crippen molar-refractivity contribution in [1.29, 1.82) is 0 Å². The van der Waals surface area contributed by atoms with Gasteiger partial charge in [0.25, 0.3) is 0 Å². The smallest absolute Gasteiger partial charge is 0.0624 e. The zero-order chi connectivity index (χ0) is 14.4. The Balaban J connectivity index is 2.08. The van der Waals surface area contributed by atoms with Crippen LogP contribution in [0.4, 0.5) is 0 Å². The topological polar surface area (TPSA) is 42.7 Å². The van der Waals surface area contributed by atoms with Gasteiger partial charge >= 0.3 is 0 Å². The second kappa shape index (κ2) is 7.20. The number of nitrogens with zero attached hydrogens (tertiary/aromatic N) is 3. The molecule has 0 aromatic carbocycles. The molecule has 1 unspecified atom stereocenters. The largest absolute Gasteiger partial charge is 0.316 e. The Hall–Kier alpha value is -1.68. The molecule has 4 nitrogen and oxygen atoms in total. The van der Waals surface area contributed by atoms with E-state index in [1.165, 1.54) is 11.4 Å². The van der Waals surface area contributed by atoms with Crippen molar-refractivity contribution >= 4 is 0 Å². The van der Waals surface area contributed by atoms with Crippen molar-refractivity contribution in [2.45, 2.75) is 45.7 Å². The van der Waals surface area contributed by atoms with Crippen LogP contribution in [-0.4, -0.2) is 27.9 Å². The van der Waals surface area contributed by atoms with Gasteiger partial charge in [0.05, 0.1) is 5.69 Å². The zero-order valence-corrected chi connectivity index (χ0v) is 12.6. The van der Waals surface area contributed by atoms with Crippen LogP contribution in [0.25, 0.3) is 0 Å². The van der Waals surface area contributed by atoms with Gasteiger partial charge in [0.15, 0.2) is 0 Å².